The molecule has 0 bridgehead atoms. The van der Waals surface area contributed by atoms with Crippen molar-refractivity contribution in [2.24, 2.45) is 0 Å². The van der Waals surface area contributed by atoms with Crippen LogP contribution in [-0.2, 0) is 6.42 Å². The van der Waals surface area contributed by atoms with Crippen LogP contribution in [0, 0.1) is 13.8 Å². The Morgan fingerprint density at radius 1 is 1.29 bits per heavy atom. The third kappa shape index (κ3) is 2.70. The fraction of sp³-hybridized carbons (Fsp3) is 0.235. The maximum Gasteiger partial charge on any atom is 0.287 e. The maximum absolute atomic E-state index is 12.0. The van der Waals surface area contributed by atoms with Gasteiger partial charge in [-0.15, -0.1) is 0 Å². The summed E-state index contributed by atoms with van der Waals surface area (Å²) in [6, 6.07) is 9.93. The zero-order valence-corrected chi connectivity index (χ0v) is 12.2. The second kappa shape index (κ2) is 5.48. The van der Waals surface area contributed by atoms with Crippen LogP contribution in [0.25, 0.3) is 10.9 Å². The Kier molecular flexibility index (Phi) is 3.52. The van der Waals surface area contributed by atoms with Crippen LogP contribution in [0.5, 0.6) is 0 Å². The molecule has 3 rings (SSSR count). The number of rotatable bonds is 4. The summed E-state index contributed by atoms with van der Waals surface area (Å²) in [6.07, 6.45) is 2.78. The van der Waals surface area contributed by atoms with Gasteiger partial charge < -0.3 is 14.7 Å². The van der Waals surface area contributed by atoms with E-state index < -0.39 is 0 Å². The summed E-state index contributed by atoms with van der Waals surface area (Å²) >= 11 is 0. The third-order valence-electron chi connectivity index (χ3n) is 3.74. The van der Waals surface area contributed by atoms with Gasteiger partial charge in [0.25, 0.3) is 5.91 Å². The number of hydrogen-bond donors (Lipinski definition) is 2. The molecule has 1 aromatic carbocycles. The van der Waals surface area contributed by atoms with Crippen molar-refractivity contribution in [3.8, 4) is 0 Å². The number of carbonyl (C=O) groups is 1. The van der Waals surface area contributed by atoms with Gasteiger partial charge in [0.15, 0.2) is 5.76 Å². The van der Waals surface area contributed by atoms with E-state index in [9.17, 15) is 4.79 Å². The molecule has 1 amide bonds. The highest BCUT2D eigenvalue weighted by Crippen LogP contribution is 2.18. The van der Waals surface area contributed by atoms with E-state index in [1.807, 2.05) is 38.2 Å². The maximum atomic E-state index is 12.0. The minimum absolute atomic E-state index is 0.161. The molecule has 0 aliphatic heterocycles. The molecule has 3 aromatic rings. The van der Waals surface area contributed by atoms with Crippen molar-refractivity contribution in [2.45, 2.75) is 20.3 Å². The SMILES string of the molecule is Cc1cc(C(=O)NCCc2c[nH]c3ccccc23)oc1C. The molecule has 2 heterocycles. The number of carbonyl (C=O) groups excluding carboxylic acids is 1. The van der Waals surface area contributed by atoms with Gasteiger partial charge in [0.1, 0.15) is 5.76 Å². The Bertz CT molecular complexity index is 764. The quantitative estimate of drug-likeness (QED) is 0.771. The molecule has 0 radical (unpaired) electrons. The average molecular weight is 282 g/mol. The molecule has 0 aliphatic carbocycles. The van der Waals surface area contributed by atoms with Crippen LogP contribution < -0.4 is 5.32 Å². The minimum atomic E-state index is -0.161. The largest absolute Gasteiger partial charge is 0.456 e. The monoisotopic (exact) mass is 282 g/mol. The number of amides is 1. The van der Waals surface area contributed by atoms with Gasteiger partial charge in [0, 0.05) is 23.6 Å². The number of benzene rings is 1. The topological polar surface area (TPSA) is 58.0 Å². The lowest BCUT2D eigenvalue weighted by Crippen LogP contribution is -2.25. The second-order valence-corrected chi connectivity index (χ2v) is 5.22. The molecule has 21 heavy (non-hydrogen) atoms. The molecule has 2 aromatic heterocycles. The van der Waals surface area contributed by atoms with Crippen molar-refractivity contribution < 1.29 is 9.21 Å². The molecule has 4 nitrogen and oxygen atoms in total. The van der Waals surface area contributed by atoms with Gasteiger partial charge >= 0.3 is 0 Å². The van der Waals surface area contributed by atoms with E-state index in [2.05, 4.69) is 16.4 Å². The molecule has 4 heteroatoms. The van der Waals surface area contributed by atoms with Crippen molar-refractivity contribution in [2.75, 3.05) is 6.54 Å². The van der Waals surface area contributed by atoms with Crippen LogP contribution in [0.4, 0.5) is 0 Å². The van der Waals surface area contributed by atoms with E-state index in [0.29, 0.717) is 12.3 Å². The van der Waals surface area contributed by atoms with Gasteiger partial charge in [-0.05, 0) is 43.5 Å². The highest BCUT2D eigenvalue weighted by Gasteiger charge is 2.12. The van der Waals surface area contributed by atoms with Gasteiger partial charge in [-0.3, -0.25) is 4.79 Å². The lowest BCUT2D eigenvalue weighted by molar-refractivity contribution is 0.0925. The Morgan fingerprint density at radius 3 is 2.86 bits per heavy atom. The molecule has 0 fully saturated rings. The smallest absolute Gasteiger partial charge is 0.287 e. The zero-order chi connectivity index (χ0) is 14.8. The molecule has 0 aliphatic rings. The molecule has 0 atom stereocenters. The van der Waals surface area contributed by atoms with Crippen molar-refractivity contribution in [3.63, 3.8) is 0 Å². The van der Waals surface area contributed by atoms with E-state index >= 15 is 0 Å². The first kappa shape index (κ1) is 13.5. The predicted molar refractivity (Wildman–Crippen MR) is 82.5 cm³/mol. The number of H-pyrrole nitrogens is 1. The standard InChI is InChI=1S/C17H18N2O2/c1-11-9-16(21-12(11)2)17(20)18-8-7-13-10-19-15-6-4-3-5-14(13)15/h3-6,9-10,19H,7-8H2,1-2H3,(H,18,20). The first-order chi connectivity index (χ1) is 10.1. The summed E-state index contributed by atoms with van der Waals surface area (Å²) < 4.78 is 5.42. The normalized spacial score (nSPS) is 11.0. The molecule has 0 saturated carbocycles. The molecule has 0 saturated heterocycles. The number of para-hydroxylation sites is 1. The summed E-state index contributed by atoms with van der Waals surface area (Å²) in [6.45, 7) is 4.37. The first-order valence-electron chi connectivity index (χ1n) is 7.05. The van der Waals surface area contributed by atoms with Gasteiger partial charge in [-0.2, -0.15) is 0 Å². The van der Waals surface area contributed by atoms with Gasteiger partial charge in [0.2, 0.25) is 0 Å². The molecule has 2 N–H and O–H groups in total. The lowest BCUT2D eigenvalue weighted by Gasteiger charge is -2.02. The summed E-state index contributed by atoms with van der Waals surface area (Å²) in [5, 5.41) is 4.10. The molecule has 0 spiro atoms. The Hall–Kier alpha value is -2.49. The fourth-order valence-corrected chi connectivity index (χ4v) is 2.42. The number of aryl methyl sites for hydroxylation is 2. The van der Waals surface area contributed by atoms with Crippen molar-refractivity contribution in [1.29, 1.82) is 0 Å². The van der Waals surface area contributed by atoms with Crippen molar-refractivity contribution in [3.05, 3.63) is 59.2 Å². The summed E-state index contributed by atoms with van der Waals surface area (Å²) in [5.41, 5.74) is 3.32. The lowest BCUT2D eigenvalue weighted by atomic mass is 10.1. The number of aromatic amines is 1. The summed E-state index contributed by atoms with van der Waals surface area (Å²) in [4.78, 5) is 15.2. The van der Waals surface area contributed by atoms with Crippen molar-refractivity contribution in [1.82, 2.24) is 10.3 Å². The molecular formula is C17H18N2O2. The van der Waals surface area contributed by atoms with Crippen LogP contribution in [-0.4, -0.2) is 17.4 Å². The van der Waals surface area contributed by atoms with Crippen LogP contribution in [0.2, 0.25) is 0 Å². The minimum Gasteiger partial charge on any atom is -0.456 e. The number of nitrogens with one attached hydrogen (secondary N) is 2. The Labute approximate surface area is 123 Å². The van der Waals surface area contributed by atoms with Gasteiger partial charge in [-0.1, -0.05) is 18.2 Å². The summed E-state index contributed by atoms with van der Waals surface area (Å²) in [5.74, 6) is 1.01. The number of hydrogen-bond acceptors (Lipinski definition) is 2. The number of aromatic nitrogens is 1. The molecule has 0 unspecified atom stereocenters. The Balaban J connectivity index is 1.62. The van der Waals surface area contributed by atoms with E-state index in [4.69, 9.17) is 4.42 Å². The number of fused-ring (bicyclic) bond motifs is 1. The highest BCUT2D eigenvalue weighted by molar-refractivity contribution is 5.91. The summed E-state index contributed by atoms with van der Waals surface area (Å²) in [7, 11) is 0. The highest BCUT2D eigenvalue weighted by atomic mass is 16.3. The van der Waals surface area contributed by atoms with Crippen LogP contribution in [0.1, 0.15) is 27.4 Å². The molecular weight excluding hydrogens is 264 g/mol. The van der Waals surface area contributed by atoms with Crippen molar-refractivity contribution >= 4 is 16.8 Å². The van der Waals surface area contributed by atoms with Gasteiger partial charge in [-0.25, -0.2) is 0 Å². The fourth-order valence-electron chi connectivity index (χ4n) is 2.42. The van der Waals surface area contributed by atoms with E-state index in [-0.39, 0.29) is 5.91 Å². The van der Waals surface area contributed by atoms with E-state index in [1.165, 1.54) is 10.9 Å². The second-order valence-electron chi connectivity index (χ2n) is 5.22. The Morgan fingerprint density at radius 2 is 2.10 bits per heavy atom. The zero-order valence-electron chi connectivity index (χ0n) is 12.2. The van der Waals surface area contributed by atoms with E-state index in [0.717, 1.165) is 23.3 Å². The van der Waals surface area contributed by atoms with Gasteiger partial charge in [0.05, 0.1) is 0 Å². The third-order valence-corrected chi connectivity index (χ3v) is 3.74. The predicted octanol–water partition coefficient (Wildman–Crippen LogP) is 3.35. The van der Waals surface area contributed by atoms with E-state index in [1.54, 1.807) is 6.07 Å². The van der Waals surface area contributed by atoms with Crippen LogP contribution in [0.15, 0.2) is 40.9 Å². The molecule has 108 valence electrons. The van der Waals surface area contributed by atoms with Crippen LogP contribution in [0.3, 0.4) is 0 Å². The first-order valence-corrected chi connectivity index (χ1v) is 7.05. The number of furan rings is 1. The average Bonchev–Trinajstić information content (AvgIpc) is 3.04. The van der Waals surface area contributed by atoms with Crippen LogP contribution >= 0.6 is 0 Å².